The van der Waals surface area contributed by atoms with Gasteiger partial charge in [-0.25, -0.2) is 0 Å². The molecule has 0 saturated heterocycles. The maximum atomic E-state index is 2.30. The highest BCUT2D eigenvalue weighted by Gasteiger charge is 2.35. The zero-order chi connectivity index (χ0) is 11.9. The second-order valence-corrected chi connectivity index (χ2v) is 5.63. The smallest absolute Gasteiger partial charge is 0.151 e. The average Bonchev–Trinajstić information content (AvgIpc) is 2.39. The van der Waals surface area contributed by atoms with Crippen molar-refractivity contribution >= 4 is 23.1 Å². The van der Waals surface area contributed by atoms with Crippen molar-refractivity contribution in [2.75, 3.05) is 13.6 Å². The standard InChI is InChI=1S/C15H16NS.BrH/c1-3-16(2)12-8-4-6-10-14(12)17-15-11-7-5-9-13(15)16;/h4-11H,3H2,1-2H3;1H/q+1;/p-1. The minimum Gasteiger partial charge on any atom is -1.00 e. The Morgan fingerprint density at radius 3 is 1.78 bits per heavy atom. The molecule has 0 spiro atoms. The molecule has 1 aliphatic rings. The minimum atomic E-state index is 0. The van der Waals surface area contributed by atoms with Gasteiger partial charge in [0.15, 0.2) is 11.4 Å². The van der Waals surface area contributed by atoms with Gasteiger partial charge in [0.2, 0.25) is 0 Å². The molecule has 94 valence electrons. The first-order chi connectivity index (χ1) is 8.25. The Balaban J connectivity index is 0.00000120. The van der Waals surface area contributed by atoms with Gasteiger partial charge in [0.05, 0.1) is 23.4 Å². The lowest BCUT2D eigenvalue weighted by atomic mass is 10.2. The topological polar surface area (TPSA) is 0 Å². The van der Waals surface area contributed by atoms with Crippen LogP contribution < -0.4 is 21.5 Å². The second kappa shape index (κ2) is 5.08. The number of hydrogen-bond donors (Lipinski definition) is 0. The third-order valence-electron chi connectivity index (χ3n) is 3.65. The van der Waals surface area contributed by atoms with E-state index in [1.165, 1.54) is 21.2 Å². The van der Waals surface area contributed by atoms with Gasteiger partial charge in [-0.3, -0.25) is 4.48 Å². The largest absolute Gasteiger partial charge is 1.00 e. The van der Waals surface area contributed by atoms with Crippen LogP contribution in [-0.2, 0) is 0 Å². The summed E-state index contributed by atoms with van der Waals surface area (Å²) in [5, 5.41) is 0. The molecule has 1 aliphatic heterocycles. The van der Waals surface area contributed by atoms with E-state index in [-0.39, 0.29) is 17.0 Å². The Kier molecular flexibility index (Phi) is 3.85. The molecule has 0 amide bonds. The van der Waals surface area contributed by atoms with E-state index in [1.807, 2.05) is 11.8 Å². The molecule has 2 aromatic carbocycles. The van der Waals surface area contributed by atoms with Crippen molar-refractivity contribution in [1.82, 2.24) is 4.48 Å². The Morgan fingerprint density at radius 2 is 1.33 bits per heavy atom. The first kappa shape index (κ1) is 13.7. The van der Waals surface area contributed by atoms with Crippen LogP contribution in [-0.4, -0.2) is 13.6 Å². The van der Waals surface area contributed by atoms with Crippen LogP contribution in [0.4, 0.5) is 11.4 Å². The fourth-order valence-electron chi connectivity index (χ4n) is 2.49. The zero-order valence-corrected chi connectivity index (χ0v) is 13.0. The van der Waals surface area contributed by atoms with Crippen LogP contribution in [0.3, 0.4) is 0 Å². The van der Waals surface area contributed by atoms with Crippen LogP contribution in [0.25, 0.3) is 0 Å². The van der Waals surface area contributed by atoms with Gasteiger partial charge >= 0.3 is 0 Å². The molecule has 3 rings (SSSR count). The first-order valence-electron chi connectivity index (χ1n) is 5.98. The Labute approximate surface area is 123 Å². The van der Waals surface area contributed by atoms with Crippen molar-refractivity contribution in [2.45, 2.75) is 16.7 Å². The van der Waals surface area contributed by atoms with Crippen LogP contribution in [0.1, 0.15) is 6.92 Å². The number of nitrogens with zero attached hydrogens (tertiary/aromatic N) is 1. The molecule has 18 heavy (non-hydrogen) atoms. The number of para-hydroxylation sites is 2. The molecule has 3 heteroatoms. The van der Waals surface area contributed by atoms with Crippen molar-refractivity contribution in [1.29, 1.82) is 0 Å². The molecule has 1 heterocycles. The molecular weight excluding hydrogens is 306 g/mol. The molecule has 0 unspecified atom stereocenters. The van der Waals surface area contributed by atoms with Crippen molar-refractivity contribution in [3.05, 3.63) is 48.5 Å². The molecule has 2 aromatic rings. The summed E-state index contributed by atoms with van der Waals surface area (Å²) in [6.07, 6.45) is 0. The summed E-state index contributed by atoms with van der Waals surface area (Å²) in [5.74, 6) is 0. The van der Waals surface area contributed by atoms with Crippen molar-refractivity contribution in [2.24, 2.45) is 0 Å². The van der Waals surface area contributed by atoms with E-state index in [9.17, 15) is 0 Å². The Bertz CT molecular complexity index is 522. The van der Waals surface area contributed by atoms with Crippen molar-refractivity contribution < 1.29 is 17.0 Å². The zero-order valence-electron chi connectivity index (χ0n) is 10.6. The number of benzene rings is 2. The van der Waals surface area contributed by atoms with E-state index in [4.69, 9.17) is 0 Å². The van der Waals surface area contributed by atoms with E-state index in [0.717, 1.165) is 11.0 Å². The van der Waals surface area contributed by atoms with E-state index < -0.39 is 0 Å². The van der Waals surface area contributed by atoms with Crippen molar-refractivity contribution in [3.8, 4) is 0 Å². The number of fused-ring (bicyclic) bond motifs is 2. The second-order valence-electron chi connectivity index (χ2n) is 4.55. The fourth-order valence-corrected chi connectivity index (χ4v) is 3.77. The summed E-state index contributed by atoms with van der Waals surface area (Å²) < 4.78 is 0.902. The Hall–Kier alpha value is -0.770. The van der Waals surface area contributed by atoms with Gasteiger partial charge in [0.1, 0.15) is 0 Å². The van der Waals surface area contributed by atoms with Gasteiger partial charge in [-0.15, -0.1) is 0 Å². The summed E-state index contributed by atoms with van der Waals surface area (Å²) in [5.41, 5.74) is 2.83. The number of hydrogen-bond acceptors (Lipinski definition) is 1. The number of rotatable bonds is 1. The molecule has 0 bridgehead atoms. The molecular formula is C15H16BrNS. The number of quaternary nitrogens is 1. The monoisotopic (exact) mass is 321 g/mol. The predicted molar refractivity (Wildman–Crippen MR) is 74.9 cm³/mol. The summed E-state index contributed by atoms with van der Waals surface area (Å²) in [7, 11) is 2.30. The minimum absolute atomic E-state index is 0. The highest BCUT2D eigenvalue weighted by molar-refractivity contribution is 7.99. The van der Waals surface area contributed by atoms with Crippen LogP contribution in [0, 0.1) is 0 Å². The fraction of sp³-hybridized carbons (Fsp3) is 0.200. The summed E-state index contributed by atoms with van der Waals surface area (Å²) in [6.45, 7) is 3.33. The quantitative estimate of drug-likeness (QED) is 0.716. The van der Waals surface area contributed by atoms with Gasteiger partial charge in [-0.1, -0.05) is 36.0 Å². The lowest BCUT2D eigenvalue weighted by Gasteiger charge is -2.37. The third-order valence-corrected chi connectivity index (χ3v) is 4.78. The summed E-state index contributed by atoms with van der Waals surface area (Å²) in [4.78, 5) is 2.77. The average molecular weight is 322 g/mol. The van der Waals surface area contributed by atoms with Gasteiger partial charge in [-0.05, 0) is 19.1 Å². The molecule has 1 nitrogen and oxygen atoms in total. The van der Waals surface area contributed by atoms with Crippen molar-refractivity contribution in [3.63, 3.8) is 0 Å². The highest BCUT2D eigenvalue weighted by atomic mass is 79.9. The number of halogens is 1. The molecule has 0 saturated carbocycles. The molecule has 0 N–H and O–H groups in total. The van der Waals surface area contributed by atoms with Crippen LogP contribution in [0.5, 0.6) is 0 Å². The maximum absolute atomic E-state index is 2.30. The van der Waals surface area contributed by atoms with Crippen LogP contribution >= 0.6 is 11.8 Å². The Morgan fingerprint density at radius 1 is 0.889 bits per heavy atom. The summed E-state index contributed by atoms with van der Waals surface area (Å²) in [6, 6.07) is 17.5. The maximum Gasteiger partial charge on any atom is 0.151 e. The van der Waals surface area contributed by atoms with E-state index >= 15 is 0 Å². The first-order valence-corrected chi connectivity index (χ1v) is 6.80. The van der Waals surface area contributed by atoms with Gasteiger partial charge in [0, 0.05) is 12.1 Å². The van der Waals surface area contributed by atoms with E-state index in [2.05, 4.69) is 62.5 Å². The van der Waals surface area contributed by atoms with E-state index in [0.29, 0.717) is 0 Å². The normalized spacial score (nSPS) is 15.2. The van der Waals surface area contributed by atoms with Gasteiger partial charge < -0.3 is 17.0 Å². The molecule has 0 fully saturated rings. The highest BCUT2D eigenvalue weighted by Crippen LogP contribution is 2.51. The molecule has 0 aliphatic carbocycles. The van der Waals surface area contributed by atoms with Gasteiger partial charge in [0.25, 0.3) is 0 Å². The SMILES string of the molecule is CC[N+]1(C)c2ccccc2Sc2ccccc21.[Br-]. The molecule has 0 radical (unpaired) electrons. The lowest BCUT2D eigenvalue weighted by Crippen LogP contribution is -3.00. The third kappa shape index (κ3) is 1.91. The lowest BCUT2D eigenvalue weighted by molar-refractivity contribution is -0.00000338. The van der Waals surface area contributed by atoms with E-state index in [1.54, 1.807) is 0 Å². The van der Waals surface area contributed by atoms with Gasteiger partial charge in [-0.2, -0.15) is 0 Å². The van der Waals surface area contributed by atoms with Crippen LogP contribution in [0.2, 0.25) is 0 Å². The molecule has 0 aromatic heterocycles. The van der Waals surface area contributed by atoms with Crippen LogP contribution in [0.15, 0.2) is 58.3 Å². The molecule has 0 atom stereocenters. The predicted octanol–water partition coefficient (Wildman–Crippen LogP) is 1.44. The summed E-state index contributed by atoms with van der Waals surface area (Å²) >= 11 is 1.88.